The van der Waals surface area contributed by atoms with Crippen LogP contribution < -0.4 is 4.90 Å². The van der Waals surface area contributed by atoms with Crippen molar-refractivity contribution in [3.05, 3.63) is 41.5 Å². The summed E-state index contributed by atoms with van der Waals surface area (Å²) in [6.45, 7) is 6.59. The van der Waals surface area contributed by atoms with Gasteiger partial charge in [-0.05, 0) is 37.0 Å². The fraction of sp³-hybridized carbons (Fsp3) is 0.400. The van der Waals surface area contributed by atoms with Gasteiger partial charge in [0.25, 0.3) is 11.8 Å². The summed E-state index contributed by atoms with van der Waals surface area (Å²) < 4.78 is 0. The van der Waals surface area contributed by atoms with Gasteiger partial charge in [0, 0.05) is 47.2 Å². The second kappa shape index (κ2) is 5.62. The van der Waals surface area contributed by atoms with Crippen LogP contribution >= 0.6 is 0 Å². The normalized spacial score (nSPS) is 17.5. The molecule has 0 aliphatic carbocycles. The van der Waals surface area contributed by atoms with E-state index in [4.69, 9.17) is 0 Å². The van der Waals surface area contributed by atoms with E-state index in [0.717, 1.165) is 29.5 Å². The first kappa shape index (κ1) is 15.2. The maximum absolute atomic E-state index is 12.9. The van der Waals surface area contributed by atoms with Crippen LogP contribution in [0.25, 0.3) is 10.8 Å². The molecule has 4 heteroatoms. The zero-order valence-corrected chi connectivity index (χ0v) is 14.2. The van der Waals surface area contributed by atoms with Crippen molar-refractivity contribution in [2.24, 2.45) is 5.92 Å². The number of nitrogens with zero attached hydrogens (tertiary/aromatic N) is 2. The minimum absolute atomic E-state index is 0.162. The van der Waals surface area contributed by atoms with Crippen molar-refractivity contribution in [1.82, 2.24) is 4.90 Å². The van der Waals surface area contributed by atoms with E-state index in [-0.39, 0.29) is 17.7 Å². The summed E-state index contributed by atoms with van der Waals surface area (Å²) in [5, 5.41) is 1.86. The Kier molecular flexibility index (Phi) is 3.56. The monoisotopic (exact) mass is 322 g/mol. The van der Waals surface area contributed by atoms with Gasteiger partial charge in [-0.25, -0.2) is 0 Å². The zero-order valence-electron chi connectivity index (χ0n) is 14.2. The van der Waals surface area contributed by atoms with E-state index < -0.39 is 0 Å². The molecule has 1 saturated heterocycles. The van der Waals surface area contributed by atoms with Gasteiger partial charge in [-0.2, -0.15) is 0 Å². The molecule has 0 spiro atoms. The molecule has 24 heavy (non-hydrogen) atoms. The van der Waals surface area contributed by atoms with E-state index in [1.54, 1.807) is 0 Å². The van der Waals surface area contributed by atoms with Crippen LogP contribution in [-0.4, -0.2) is 36.3 Å². The molecule has 2 aliphatic heterocycles. The van der Waals surface area contributed by atoms with Gasteiger partial charge in [0.1, 0.15) is 0 Å². The van der Waals surface area contributed by atoms with Crippen molar-refractivity contribution >= 4 is 28.3 Å². The molecule has 0 bridgehead atoms. The molecular formula is C20H22N2O2. The van der Waals surface area contributed by atoms with Crippen LogP contribution in [0.15, 0.2) is 30.3 Å². The first-order chi connectivity index (χ1) is 11.6. The van der Waals surface area contributed by atoms with E-state index in [1.165, 1.54) is 17.7 Å². The molecule has 4 rings (SSSR count). The Labute approximate surface area is 142 Å². The standard InChI is InChI=1S/C20H22N2O2/c1-13(2)12-22-19(23)15-7-5-6-14-17(21-10-3-4-11-21)9-8-16(18(14)15)20(22)24/h5-9,13H,3-4,10-12H2,1-2H3. The number of rotatable bonds is 3. The van der Waals surface area contributed by atoms with Gasteiger partial charge in [0.2, 0.25) is 0 Å². The summed E-state index contributed by atoms with van der Waals surface area (Å²) in [6.07, 6.45) is 2.39. The largest absolute Gasteiger partial charge is 0.371 e. The number of hydrogen-bond donors (Lipinski definition) is 0. The summed E-state index contributed by atoms with van der Waals surface area (Å²) in [6, 6.07) is 9.77. The Morgan fingerprint density at radius 2 is 1.62 bits per heavy atom. The minimum Gasteiger partial charge on any atom is -0.371 e. The summed E-state index contributed by atoms with van der Waals surface area (Å²) in [5.74, 6) is -0.0710. The lowest BCUT2D eigenvalue weighted by Crippen LogP contribution is -2.42. The highest BCUT2D eigenvalue weighted by molar-refractivity contribution is 6.26. The highest BCUT2D eigenvalue weighted by Gasteiger charge is 2.34. The van der Waals surface area contributed by atoms with E-state index in [9.17, 15) is 9.59 Å². The molecule has 2 heterocycles. The number of benzene rings is 2. The fourth-order valence-electron chi connectivity index (χ4n) is 3.90. The summed E-state index contributed by atoms with van der Waals surface area (Å²) in [7, 11) is 0. The third-order valence-electron chi connectivity index (χ3n) is 4.96. The van der Waals surface area contributed by atoms with Gasteiger partial charge < -0.3 is 4.90 Å². The van der Waals surface area contributed by atoms with Crippen LogP contribution in [0.5, 0.6) is 0 Å². The quantitative estimate of drug-likeness (QED) is 0.809. The first-order valence-electron chi connectivity index (χ1n) is 8.75. The van der Waals surface area contributed by atoms with Gasteiger partial charge in [-0.3, -0.25) is 14.5 Å². The molecule has 2 aromatic rings. The van der Waals surface area contributed by atoms with Gasteiger partial charge in [0.15, 0.2) is 0 Å². The van der Waals surface area contributed by atoms with Crippen LogP contribution in [0.3, 0.4) is 0 Å². The third kappa shape index (κ3) is 2.20. The van der Waals surface area contributed by atoms with Crippen LogP contribution in [0.1, 0.15) is 47.4 Å². The SMILES string of the molecule is CC(C)CN1C(=O)c2cccc3c(N4CCCC4)ccc(c23)C1=O. The lowest BCUT2D eigenvalue weighted by Gasteiger charge is -2.30. The summed E-state index contributed by atoms with van der Waals surface area (Å²) in [5.41, 5.74) is 2.46. The Balaban J connectivity index is 1.91. The zero-order chi connectivity index (χ0) is 16.8. The van der Waals surface area contributed by atoms with E-state index in [1.807, 2.05) is 44.2 Å². The Morgan fingerprint density at radius 3 is 2.29 bits per heavy atom. The molecule has 0 radical (unpaired) electrons. The molecule has 2 amide bonds. The maximum Gasteiger partial charge on any atom is 0.261 e. The highest BCUT2D eigenvalue weighted by atomic mass is 16.2. The van der Waals surface area contributed by atoms with Crippen molar-refractivity contribution in [2.75, 3.05) is 24.5 Å². The van der Waals surface area contributed by atoms with Crippen LogP contribution in [0.4, 0.5) is 5.69 Å². The second-order valence-corrected chi connectivity index (χ2v) is 7.17. The average molecular weight is 322 g/mol. The Hall–Kier alpha value is -2.36. The predicted molar refractivity (Wildman–Crippen MR) is 95.6 cm³/mol. The molecule has 0 N–H and O–H groups in total. The Morgan fingerprint density at radius 1 is 0.958 bits per heavy atom. The number of anilines is 1. The second-order valence-electron chi connectivity index (χ2n) is 7.17. The number of carbonyl (C=O) groups excluding carboxylic acids is 2. The topological polar surface area (TPSA) is 40.6 Å². The van der Waals surface area contributed by atoms with Gasteiger partial charge in [-0.15, -0.1) is 0 Å². The molecule has 0 unspecified atom stereocenters. The molecule has 0 aromatic heterocycles. The first-order valence-corrected chi connectivity index (χ1v) is 8.75. The predicted octanol–water partition coefficient (Wildman–Crippen LogP) is 3.69. The molecule has 2 aromatic carbocycles. The van der Waals surface area contributed by atoms with Crippen LogP contribution in [-0.2, 0) is 0 Å². The average Bonchev–Trinajstić information content (AvgIpc) is 3.10. The van der Waals surface area contributed by atoms with Crippen molar-refractivity contribution in [3.8, 4) is 0 Å². The van der Waals surface area contributed by atoms with E-state index in [0.29, 0.717) is 17.7 Å². The highest BCUT2D eigenvalue weighted by Crippen LogP contribution is 2.37. The molecule has 0 atom stereocenters. The van der Waals surface area contributed by atoms with Crippen molar-refractivity contribution in [2.45, 2.75) is 26.7 Å². The van der Waals surface area contributed by atoms with E-state index in [2.05, 4.69) is 4.90 Å². The number of hydrogen-bond acceptors (Lipinski definition) is 3. The minimum atomic E-state index is -0.162. The number of carbonyl (C=O) groups is 2. The van der Waals surface area contributed by atoms with Crippen LogP contribution in [0.2, 0.25) is 0 Å². The molecule has 124 valence electrons. The van der Waals surface area contributed by atoms with Crippen molar-refractivity contribution in [3.63, 3.8) is 0 Å². The van der Waals surface area contributed by atoms with Gasteiger partial charge in [0.05, 0.1) is 0 Å². The third-order valence-corrected chi connectivity index (χ3v) is 4.96. The molecule has 4 nitrogen and oxygen atoms in total. The Bertz CT molecular complexity index is 813. The number of imide groups is 1. The van der Waals surface area contributed by atoms with Gasteiger partial charge >= 0.3 is 0 Å². The van der Waals surface area contributed by atoms with Crippen molar-refractivity contribution in [1.29, 1.82) is 0 Å². The van der Waals surface area contributed by atoms with E-state index >= 15 is 0 Å². The lowest BCUT2D eigenvalue weighted by atomic mass is 9.92. The van der Waals surface area contributed by atoms with Crippen LogP contribution in [0, 0.1) is 5.92 Å². The molecule has 0 saturated carbocycles. The fourth-order valence-corrected chi connectivity index (χ4v) is 3.90. The number of amides is 2. The molecule has 2 aliphatic rings. The lowest BCUT2D eigenvalue weighted by molar-refractivity contribution is 0.0592. The van der Waals surface area contributed by atoms with Gasteiger partial charge in [-0.1, -0.05) is 26.0 Å². The summed E-state index contributed by atoms with van der Waals surface area (Å²) in [4.78, 5) is 29.5. The summed E-state index contributed by atoms with van der Waals surface area (Å²) >= 11 is 0. The smallest absolute Gasteiger partial charge is 0.261 e. The van der Waals surface area contributed by atoms with Crippen molar-refractivity contribution < 1.29 is 9.59 Å². The molecule has 1 fully saturated rings. The maximum atomic E-state index is 12.9. The molecular weight excluding hydrogens is 300 g/mol.